The topological polar surface area (TPSA) is 65.4 Å². The molecule has 0 spiro atoms. The minimum atomic E-state index is -0.336. The van der Waals surface area contributed by atoms with E-state index in [9.17, 15) is 4.79 Å². The molecule has 4 rings (SSSR count). The molecular weight excluding hydrogens is 294 g/mol. The van der Waals surface area contributed by atoms with Crippen molar-refractivity contribution in [3.8, 4) is 0 Å². The highest BCUT2D eigenvalue weighted by molar-refractivity contribution is 5.93. The fourth-order valence-corrected chi connectivity index (χ4v) is 3.33. The van der Waals surface area contributed by atoms with Gasteiger partial charge in [0.25, 0.3) is 0 Å². The number of imidazole rings is 1. The first kappa shape index (κ1) is 14.7. The number of benzene rings is 1. The highest BCUT2D eigenvalue weighted by Gasteiger charge is 2.26. The van der Waals surface area contributed by atoms with Gasteiger partial charge >= 0.3 is 5.97 Å². The van der Waals surface area contributed by atoms with Gasteiger partial charge in [0, 0.05) is 12.6 Å². The number of ether oxygens (including phenoxy) is 2. The van der Waals surface area contributed by atoms with E-state index in [2.05, 4.69) is 14.9 Å². The average Bonchev–Trinajstić information content (AvgIpc) is 2.90. The Bertz CT molecular complexity index is 736. The normalized spacial score (nSPS) is 21.0. The van der Waals surface area contributed by atoms with E-state index in [1.807, 2.05) is 6.07 Å². The molecule has 1 aliphatic carbocycles. The van der Waals surface area contributed by atoms with Gasteiger partial charge in [0.1, 0.15) is 12.4 Å². The molecule has 0 bridgehead atoms. The van der Waals surface area contributed by atoms with Gasteiger partial charge < -0.3 is 19.4 Å². The van der Waals surface area contributed by atoms with E-state index >= 15 is 0 Å². The molecule has 0 radical (unpaired) electrons. The van der Waals surface area contributed by atoms with Gasteiger partial charge in [-0.25, -0.2) is 9.78 Å². The van der Waals surface area contributed by atoms with Crippen LogP contribution in [0.1, 0.15) is 41.5 Å². The van der Waals surface area contributed by atoms with Crippen molar-refractivity contribution in [3.05, 3.63) is 29.6 Å². The van der Waals surface area contributed by atoms with E-state index in [0.717, 1.165) is 23.4 Å². The molecule has 0 amide bonds. The van der Waals surface area contributed by atoms with Gasteiger partial charge in [-0.15, -0.1) is 0 Å². The molecule has 1 fully saturated rings. The smallest absolute Gasteiger partial charge is 0.337 e. The maximum absolute atomic E-state index is 11.7. The van der Waals surface area contributed by atoms with Gasteiger partial charge in [0.05, 0.1) is 36.4 Å². The summed E-state index contributed by atoms with van der Waals surface area (Å²) in [5, 5.41) is 3.62. The molecule has 6 heteroatoms. The van der Waals surface area contributed by atoms with Gasteiger partial charge in [-0.05, 0) is 31.0 Å². The lowest BCUT2D eigenvalue weighted by Gasteiger charge is -2.31. The largest absolute Gasteiger partial charge is 0.465 e. The number of nitrogens with one attached hydrogen (secondary N) is 1. The van der Waals surface area contributed by atoms with Gasteiger partial charge in [-0.3, -0.25) is 0 Å². The second kappa shape index (κ2) is 5.94. The highest BCUT2D eigenvalue weighted by Crippen LogP contribution is 2.27. The molecule has 0 saturated heterocycles. The lowest BCUT2D eigenvalue weighted by atomic mass is 9.93. The molecule has 1 aromatic heterocycles. The molecule has 0 unspecified atom stereocenters. The second-order valence-corrected chi connectivity index (χ2v) is 6.30. The van der Waals surface area contributed by atoms with Gasteiger partial charge in [0.2, 0.25) is 0 Å². The summed E-state index contributed by atoms with van der Waals surface area (Å²) in [4.78, 5) is 16.3. The van der Waals surface area contributed by atoms with Crippen LogP contribution in [0, 0.1) is 0 Å². The van der Waals surface area contributed by atoms with Crippen LogP contribution < -0.4 is 5.32 Å². The summed E-state index contributed by atoms with van der Waals surface area (Å²) in [7, 11) is 1.39. The molecule has 2 aliphatic rings. The molecule has 23 heavy (non-hydrogen) atoms. The average molecular weight is 315 g/mol. The number of methoxy groups -OCH3 is 1. The summed E-state index contributed by atoms with van der Waals surface area (Å²) < 4.78 is 12.7. The first-order valence-electron chi connectivity index (χ1n) is 8.16. The van der Waals surface area contributed by atoms with Crippen LogP contribution in [0.25, 0.3) is 11.0 Å². The maximum Gasteiger partial charge on any atom is 0.337 e. The summed E-state index contributed by atoms with van der Waals surface area (Å²) in [5.74, 6) is 0.589. The minimum Gasteiger partial charge on any atom is -0.465 e. The zero-order valence-electron chi connectivity index (χ0n) is 13.2. The number of hydrogen-bond donors (Lipinski definition) is 1. The molecule has 2 heterocycles. The Kier molecular flexibility index (Phi) is 3.79. The van der Waals surface area contributed by atoms with Crippen molar-refractivity contribution in [1.29, 1.82) is 0 Å². The van der Waals surface area contributed by atoms with E-state index < -0.39 is 0 Å². The zero-order chi connectivity index (χ0) is 15.8. The van der Waals surface area contributed by atoms with Crippen LogP contribution in [0.3, 0.4) is 0 Å². The molecule has 2 aromatic rings. The molecule has 1 saturated carbocycles. The third kappa shape index (κ3) is 2.62. The van der Waals surface area contributed by atoms with E-state index in [-0.39, 0.29) is 12.0 Å². The second-order valence-electron chi connectivity index (χ2n) is 6.30. The molecule has 6 nitrogen and oxygen atoms in total. The Hall–Kier alpha value is -1.92. The summed E-state index contributed by atoms with van der Waals surface area (Å²) in [6.45, 7) is 2.10. The monoisotopic (exact) mass is 315 g/mol. The Labute approximate surface area is 134 Å². The van der Waals surface area contributed by atoms with Crippen molar-refractivity contribution in [3.63, 3.8) is 0 Å². The molecule has 1 aliphatic heterocycles. The fourth-order valence-electron chi connectivity index (χ4n) is 3.33. The molecular formula is C17H21N3O3. The van der Waals surface area contributed by atoms with E-state index in [0.29, 0.717) is 24.8 Å². The Morgan fingerprint density at radius 2 is 2.35 bits per heavy atom. The highest BCUT2D eigenvalue weighted by atomic mass is 16.5. The first-order valence-corrected chi connectivity index (χ1v) is 8.16. The predicted molar refractivity (Wildman–Crippen MR) is 85.4 cm³/mol. The molecule has 122 valence electrons. The zero-order valence-corrected chi connectivity index (χ0v) is 13.2. The number of aromatic nitrogens is 2. The molecule has 1 N–H and O–H groups in total. The SMILES string of the molecule is COC(=O)c1ccc2c(c1)nc1n2[C@@H](CNC2CCC2)COC1. The van der Waals surface area contributed by atoms with Crippen molar-refractivity contribution >= 4 is 17.0 Å². The van der Waals surface area contributed by atoms with E-state index in [1.165, 1.54) is 26.4 Å². The van der Waals surface area contributed by atoms with Gasteiger partial charge in [0.15, 0.2) is 0 Å². The summed E-state index contributed by atoms with van der Waals surface area (Å²) >= 11 is 0. The number of carbonyl (C=O) groups is 1. The van der Waals surface area contributed by atoms with E-state index in [1.54, 1.807) is 12.1 Å². The van der Waals surface area contributed by atoms with Crippen LogP contribution in [0.2, 0.25) is 0 Å². The van der Waals surface area contributed by atoms with Crippen LogP contribution in [0.4, 0.5) is 0 Å². The number of fused-ring (bicyclic) bond motifs is 3. The predicted octanol–water partition coefficient (Wildman–Crippen LogP) is 2.04. The van der Waals surface area contributed by atoms with Crippen molar-refractivity contribution in [2.75, 3.05) is 20.3 Å². The van der Waals surface area contributed by atoms with Gasteiger partial charge in [-0.2, -0.15) is 0 Å². The molecule has 1 aromatic carbocycles. The Morgan fingerprint density at radius 1 is 1.48 bits per heavy atom. The van der Waals surface area contributed by atoms with Crippen molar-refractivity contribution in [2.24, 2.45) is 0 Å². The van der Waals surface area contributed by atoms with Gasteiger partial charge in [-0.1, -0.05) is 6.42 Å². The lowest BCUT2D eigenvalue weighted by Crippen LogP contribution is -2.41. The minimum absolute atomic E-state index is 0.244. The number of hydrogen-bond acceptors (Lipinski definition) is 5. The third-order valence-electron chi connectivity index (χ3n) is 4.84. The first-order chi connectivity index (χ1) is 11.3. The summed E-state index contributed by atoms with van der Waals surface area (Å²) in [6, 6.07) is 6.45. The van der Waals surface area contributed by atoms with Crippen LogP contribution in [-0.4, -0.2) is 41.8 Å². The summed E-state index contributed by atoms with van der Waals surface area (Å²) in [5.41, 5.74) is 2.40. The standard InChI is InChI=1S/C17H21N3O3/c1-22-17(21)11-5-6-15-14(7-11)19-16-10-23-9-13(20(15)16)8-18-12-3-2-4-12/h5-7,12-13,18H,2-4,8-10H2,1H3/t13-/m0/s1. The Balaban J connectivity index is 1.65. The third-order valence-corrected chi connectivity index (χ3v) is 4.84. The number of esters is 1. The quantitative estimate of drug-likeness (QED) is 0.875. The number of rotatable bonds is 4. The van der Waals surface area contributed by atoms with Crippen molar-refractivity contribution < 1.29 is 14.3 Å². The maximum atomic E-state index is 11.7. The Morgan fingerprint density at radius 3 is 3.09 bits per heavy atom. The number of nitrogens with zero attached hydrogens (tertiary/aromatic N) is 2. The van der Waals surface area contributed by atoms with E-state index in [4.69, 9.17) is 9.47 Å². The molecule has 1 atom stereocenters. The van der Waals surface area contributed by atoms with Crippen molar-refractivity contribution in [2.45, 2.75) is 38.0 Å². The van der Waals surface area contributed by atoms with Crippen LogP contribution >= 0.6 is 0 Å². The van der Waals surface area contributed by atoms with Crippen LogP contribution in [0.5, 0.6) is 0 Å². The van der Waals surface area contributed by atoms with Crippen LogP contribution in [0.15, 0.2) is 18.2 Å². The summed E-state index contributed by atoms with van der Waals surface area (Å²) in [6.07, 6.45) is 3.87. The fraction of sp³-hybridized carbons (Fsp3) is 0.529. The number of carbonyl (C=O) groups excluding carboxylic acids is 1. The lowest BCUT2D eigenvalue weighted by molar-refractivity contribution is 0.0545. The van der Waals surface area contributed by atoms with Crippen LogP contribution in [-0.2, 0) is 16.1 Å². The van der Waals surface area contributed by atoms with Crippen molar-refractivity contribution in [1.82, 2.24) is 14.9 Å².